The molecular formula is C44H47ClN8O5. The van der Waals surface area contributed by atoms with Gasteiger partial charge in [-0.3, -0.25) is 39.1 Å². The van der Waals surface area contributed by atoms with Crippen LogP contribution in [-0.4, -0.2) is 122 Å². The first-order valence-corrected chi connectivity index (χ1v) is 20.8. The van der Waals surface area contributed by atoms with E-state index in [1.807, 2.05) is 35.2 Å². The lowest BCUT2D eigenvalue weighted by Gasteiger charge is -2.55. The van der Waals surface area contributed by atoms with Crippen molar-refractivity contribution in [3.05, 3.63) is 93.8 Å². The first kappa shape index (κ1) is 38.1. The summed E-state index contributed by atoms with van der Waals surface area (Å²) in [6.45, 7) is 17.1. The van der Waals surface area contributed by atoms with E-state index >= 15 is 0 Å². The molecular weight excluding hydrogens is 756 g/mol. The lowest BCUT2D eigenvalue weighted by atomic mass is 9.73. The van der Waals surface area contributed by atoms with Gasteiger partial charge in [-0.1, -0.05) is 17.7 Å². The van der Waals surface area contributed by atoms with E-state index in [-0.39, 0.29) is 30.1 Å². The highest BCUT2D eigenvalue weighted by Gasteiger charge is 2.47. The Balaban J connectivity index is 0.725. The maximum atomic E-state index is 13.7. The van der Waals surface area contributed by atoms with Crippen LogP contribution in [0.15, 0.2) is 60.7 Å². The zero-order valence-corrected chi connectivity index (χ0v) is 33.3. The number of hydrogen-bond acceptors (Lipinski definition) is 9. The second-order valence-corrected chi connectivity index (χ2v) is 17.3. The van der Waals surface area contributed by atoms with Gasteiger partial charge in [0.05, 0.1) is 17.7 Å². The van der Waals surface area contributed by atoms with Crippen LogP contribution in [0.1, 0.15) is 69.6 Å². The number of carbonyl (C=O) groups excluding carboxylic acids is 5. The van der Waals surface area contributed by atoms with Crippen molar-refractivity contribution in [2.75, 3.05) is 86.7 Å². The number of amides is 5. The number of piperidine rings is 3. The van der Waals surface area contributed by atoms with Crippen molar-refractivity contribution in [2.24, 2.45) is 11.3 Å². The molecule has 5 saturated heterocycles. The van der Waals surface area contributed by atoms with Crippen molar-refractivity contribution in [3.63, 3.8) is 0 Å². The van der Waals surface area contributed by atoms with Crippen LogP contribution < -0.4 is 20.0 Å². The van der Waals surface area contributed by atoms with E-state index in [4.69, 9.17) is 18.2 Å². The molecule has 1 unspecified atom stereocenters. The highest BCUT2D eigenvalue weighted by molar-refractivity contribution is 6.33. The van der Waals surface area contributed by atoms with Crippen molar-refractivity contribution < 1.29 is 24.0 Å². The average Bonchev–Trinajstić information content (AvgIpc) is 3.48. The van der Waals surface area contributed by atoms with E-state index in [1.54, 1.807) is 18.2 Å². The van der Waals surface area contributed by atoms with Crippen molar-refractivity contribution in [2.45, 2.75) is 44.6 Å². The van der Waals surface area contributed by atoms with Gasteiger partial charge < -0.3 is 19.6 Å². The first-order valence-electron chi connectivity index (χ1n) is 20.5. The first-order chi connectivity index (χ1) is 28.1. The molecule has 5 fully saturated rings. The predicted octanol–water partition coefficient (Wildman–Crippen LogP) is 5.07. The molecule has 0 aliphatic carbocycles. The van der Waals surface area contributed by atoms with Crippen LogP contribution in [0, 0.1) is 17.9 Å². The summed E-state index contributed by atoms with van der Waals surface area (Å²) in [5.74, 6) is -1.28. The maximum absolute atomic E-state index is 13.7. The molecule has 58 heavy (non-hydrogen) atoms. The van der Waals surface area contributed by atoms with Gasteiger partial charge in [0.25, 0.3) is 17.7 Å². The molecule has 0 radical (unpaired) electrons. The molecule has 1 N–H and O–H groups in total. The molecule has 3 aromatic carbocycles. The molecule has 1 spiro atoms. The lowest BCUT2D eigenvalue weighted by molar-refractivity contribution is -0.136. The number of piperazine rings is 1. The zero-order valence-electron chi connectivity index (χ0n) is 32.5. The van der Waals surface area contributed by atoms with E-state index in [1.165, 1.54) is 0 Å². The highest BCUT2D eigenvalue weighted by atomic mass is 35.5. The second-order valence-electron chi connectivity index (χ2n) is 16.9. The molecule has 0 bridgehead atoms. The molecule has 6 heterocycles. The number of likely N-dealkylation sites (tertiary alicyclic amines) is 1. The van der Waals surface area contributed by atoms with Crippen LogP contribution >= 0.6 is 11.6 Å². The van der Waals surface area contributed by atoms with E-state index in [0.717, 1.165) is 125 Å². The van der Waals surface area contributed by atoms with Gasteiger partial charge in [-0.15, -0.1) is 0 Å². The Kier molecular flexibility index (Phi) is 10.1. The summed E-state index contributed by atoms with van der Waals surface area (Å²) in [5, 5.41) is 2.73. The van der Waals surface area contributed by atoms with Crippen LogP contribution in [0.2, 0.25) is 5.02 Å². The van der Waals surface area contributed by atoms with Crippen LogP contribution in [0.5, 0.6) is 0 Å². The number of carbonyl (C=O) groups is 5. The summed E-state index contributed by atoms with van der Waals surface area (Å²) in [6.07, 6.45) is 4.40. The number of benzene rings is 3. The Labute approximate surface area is 343 Å². The van der Waals surface area contributed by atoms with Gasteiger partial charge in [0.1, 0.15) is 6.04 Å². The number of fused-ring (bicyclic) bond motifs is 1. The molecule has 5 amide bonds. The molecule has 6 aliphatic heterocycles. The summed E-state index contributed by atoms with van der Waals surface area (Å²) in [5.41, 5.74) is 4.99. The summed E-state index contributed by atoms with van der Waals surface area (Å²) in [7, 11) is 0. The predicted molar refractivity (Wildman–Crippen MR) is 221 cm³/mol. The van der Waals surface area contributed by atoms with Gasteiger partial charge in [0, 0.05) is 111 Å². The summed E-state index contributed by atoms with van der Waals surface area (Å²) >= 11 is 6.30. The third kappa shape index (κ3) is 7.17. The minimum Gasteiger partial charge on any atom is -0.371 e. The molecule has 13 nitrogen and oxygen atoms in total. The van der Waals surface area contributed by atoms with Gasteiger partial charge in [0.15, 0.2) is 0 Å². The van der Waals surface area contributed by atoms with Gasteiger partial charge >= 0.3 is 0 Å². The van der Waals surface area contributed by atoms with E-state index in [0.29, 0.717) is 27.8 Å². The largest absolute Gasteiger partial charge is 0.371 e. The Bertz CT molecular complexity index is 2200. The molecule has 3 aromatic rings. The van der Waals surface area contributed by atoms with Crippen molar-refractivity contribution in [1.29, 1.82) is 0 Å². The average molecular weight is 803 g/mol. The lowest BCUT2D eigenvalue weighted by Crippen LogP contribution is -2.63. The van der Waals surface area contributed by atoms with E-state index < -0.39 is 23.8 Å². The number of nitrogens with one attached hydrogen (secondary N) is 1. The minimum absolute atomic E-state index is 0.0903. The van der Waals surface area contributed by atoms with Gasteiger partial charge in [-0.2, -0.15) is 0 Å². The zero-order chi connectivity index (χ0) is 40.1. The van der Waals surface area contributed by atoms with Crippen LogP contribution in [0.4, 0.5) is 22.7 Å². The third-order valence-electron chi connectivity index (χ3n) is 13.2. The van der Waals surface area contributed by atoms with E-state index in [2.05, 4.69) is 41.9 Å². The number of hydrogen-bond donors (Lipinski definition) is 1. The normalized spacial score (nSPS) is 22.6. The monoisotopic (exact) mass is 802 g/mol. The standard InChI is InChI=1S/C44H47ClN8O5/c1-46-37-10-8-33(24-36(37)45)52-27-44(28-52)15-2-16-51(26-44)41(56)30-3-5-31(6-4-30)50-21-19-48(20-22-50)25-29-13-17-49(18-14-29)32-7-9-34-35(23-32)43(58)53(42(34)57)38-11-12-39(54)47-40(38)55/h3-10,23-24,29,38H,2,11-22,25-28H2,(H,47,54,55). The minimum atomic E-state index is -0.966. The molecule has 6 aliphatic rings. The summed E-state index contributed by atoms with van der Waals surface area (Å²) < 4.78 is 0. The highest BCUT2D eigenvalue weighted by Crippen LogP contribution is 2.43. The Morgan fingerprint density at radius 1 is 0.759 bits per heavy atom. The quantitative estimate of drug-likeness (QED) is 0.258. The molecule has 9 rings (SSSR count). The smallest absolute Gasteiger partial charge is 0.262 e. The van der Waals surface area contributed by atoms with Crippen LogP contribution in [0.25, 0.3) is 4.85 Å². The molecule has 1 atom stereocenters. The van der Waals surface area contributed by atoms with Crippen LogP contribution in [-0.2, 0) is 9.59 Å². The molecule has 14 heteroatoms. The van der Waals surface area contributed by atoms with Crippen molar-refractivity contribution >= 4 is 63.9 Å². The van der Waals surface area contributed by atoms with Crippen LogP contribution in [0.3, 0.4) is 0 Å². The van der Waals surface area contributed by atoms with Gasteiger partial charge in [0.2, 0.25) is 17.5 Å². The van der Waals surface area contributed by atoms with Crippen molar-refractivity contribution in [3.8, 4) is 0 Å². The van der Waals surface area contributed by atoms with E-state index in [9.17, 15) is 24.0 Å². The maximum Gasteiger partial charge on any atom is 0.262 e. The number of nitrogens with zero attached hydrogens (tertiary/aromatic N) is 7. The molecule has 300 valence electrons. The Morgan fingerprint density at radius 2 is 1.43 bits per heavy atom. The summed E-state index contributed by atoms with van der Waals surface area (Å²) in [6, 6.07) is 18.2. The molecule has 0 aromatic heterocycles. The molecule has 0 saturated carbocycles. The third-order valence-corrected chi connectivity index (χ3v) is 13.5. The van der Waals surface area contributed by atoms with Gasteiger partial charge in [-0.05, 0) is 92.6 Å². The summed E-state index contributed by atoms with van der Waals surface area (Å²) in [4.78, 5) is 80.2. The number of halogens is 1. The second kappa shape index (κ2) is 15.4. The van der Waals surface area contributed by atoms with Crippen molar-refractivity contribution in [1.82, 2.24) is 20.0 Å². The number of imide groups is 2. The SMILES string of the molecule is [C-]#[N+]c1ccc(N2CC3(CCCN(C(=O)c4ccc(N5CCN(CC6CCN(c7ccc8c(c7)C(=O)N(C7CCC(=O)NC7=O)C8=O)CC6)CC5)cc4)C3)C2)cc1Cl. The fraction of sp³-hybridized carbons (Fsp3) is 0.455. The van der Waals surface area contributed by atoms with Gasteiger partial charge in [-0.25, -0.2) is 4.85 Å². The Morgan fingerprint density at radius 3 is 2.14 bits per heavy atom. The number of rotatable bonds is 7. The fourth-order valence-electron chi connectivity index (χ4n) is 9.95. The fourth-order valence-corrected chi connectivity index (χ4v) is 10.2. The Hall–Kier alpha value is -5.45. The number of anilines is 3. The topological polar surface area (TPSA) is 121 Å².